The van der Waals surface area contributed by atoms with Crippen LogP contribution in [-0.2, 0) is 23.9 Å². The second-order valence-corrected chi connectivity index (χ2v) is 10.0. The first-order chi connectivity index (χ1) is 18.3. The number of rotatable bonds is 8. The Kier molecular flexibility index (Phi) is 8.62. The molecule has 38 heavy (non-hydrogen) atoms. The molecule has 0 amide bonds. The standard InChI is InChI=1S/C30H33NO6S/c1-6-36-29(33)24-17(3)31-23-16-22(18-8-12-20(35-4)13-9-18)26(30(34)37-7-2)28(32)27(23)25(24)19-10-14-21(38-5)15-11-19/h8-15,22,25-26,31H,6-7,16H2,1-5H3/t22-,25+,26-/m1/s1. The van der Waals surface area contributed by atoms with E-state index in [1.165, 1.54) is 0 Å². The average molecular weight is 536 g/mol. The van der Waals surface area contributed by atoms with Gasteiger partial charge in [-0.3, -0.25) is 9.59 Å². The summed E-state index contributed by atoms with van der Waals surface area (Å²) in [4.78, 5) is 41.9. The minimum atomic E-state index is -1.04. The van der Waals surface area contributed by atoms with Crippen LogP contribution in [0.4, 0.5) is 0 Å². The van der Waals surface area contributed by atoms with Crippen LogP contribution >= 0.6 is 11.8 Å². The fraction of sp³-hybridized carbons (Fsp3) is 0.367. The number of carbonyl (C=O) groups excluding carboxylic acids is 3. The van der Waals surface area contributed by atoms with E-state index in [0.29, 0.717) is 34.7 Å². The third-order valence-electron chi connectivity index (χ3n) is 7.05. The molecule has 0 saturated carbocycles. The number of methoxy groups -OCH3 is 1. The zero-order chi connectivity index (χ0) is 27.4. The molecule has 0 radical (unpaired) electrons. The number of hydrogen-bond donors (Lipinski definition) is 1. The van der Waals surface area contributed by atoms with Gasteiger partial charge in [0.2, 0.25) is 0 Å². The molecule has 1 aliphatic carbocycles. The van der Waals surface area contributed by atoms with E-state index in [1.807, 2.05) is 61.7 Å². The van der Waals surface area contributed by atoms with Crippen molar-refractivity contribution in [3.8, 4) is 5.75 Å². The van der Waals surface area contributed by atoms with Crippen LogP contribution in [0.15, 0.2) is 76.0 Å². The highest BCUT2D eigenvalue weighted by Gasteiger charge is 2.49. The summed E-state index contributed by atoms with van der Waals surface area (Å²) in [5, 5.41) is 3.33. The van der Waals surface area contributed by atoms with E-state index >= 15 is 0 Å². The molecule has 0 aromatic heterocycles. The molecule has 2 aliphatic rings. The van der Waals surface area contributed by atoms with Gasteiger partial charge in [-0.25, -0.2) is 4.79 Å². The fourth-order valence-corrected chi connectivity index (χ4v) is 5.72. The highest BCUT2D eigenvalue weighted by atomic mass is 32.2. The molecule has 1 N–H and O–H groups in total. The third-order valence-corrected chi connectivity index (χ3v) is 7.79. The van der Waals surface area contributed by atoms with Gasteiger partial charge >= 0.3 is 11.9 Å². The maximum absolute atomic E-state index is 14.3. The maximum atomic E-state index is 14.3. The summed E-state index contributed by atoms with van der Waals surface area (Å²) in [5.41, 5.74) is 3.76. The molecule has 0 saturated heterocycles. The molecule has 2 aromatic carbocycles. The highest BCUT2D eigenvalue weighted by Crippen LogP contribution is 2.48. The maximum Gasteiger partial charge on any atom is 0.336 e. The van der Waals surface area contributed by atoms with Gasteiger partial charge in [-0.2, -0.15) is 0 Å². The predicted octanol–water partition coefficient (Wildman–Crippen LogP) is 5.13. The molecule has 0 unspecified atom stereocenters. The number of Topliss-reactive ketones (excluding diaryl/α,β-unsaturated/α-hetero) is 1. The molecule has 3 atom stereocenters. The molecule has 200 valence electrons. The number of thioether (sulfide) groups is 1. The number of allylic oxidation sites excluding steroid dienone is 3. The number of ketones is 1. The summed E-state index contributed by atoms with van der Waals surface area (Å²) < 4.78 is 16.1. The van der Waals surface area contributed by atoms with Gasteiger partial charge < -0.3 is 19.5 Å². The summed E-state index contributed by atoms with van der Waals surface area (Å²) >= 11 is 1.61. The molecule has 8 heteroatoms. The Balaban J connectivity index is 1.87. The Morgan fingerprint density at radius 3 is 2.18 bits per heavy atom. The fourth-order valence-electron chi connectivity index (χ4n) is 5.31. The molecule has 4 rings (SSSR count). The zero-order valence-electron chi connectivity index (χ0n) is 22.3. The molecule has 7 nitrogen and oxygen atoms in total. The summed E-state index contributed by atoms with van der Waals surface area (Å²) in [6.07, 6.45) is 2.39. The van der Waals surface area contributed by atoms with Crippen molar-refractivity contribution in [2.75, 3.05) is 26.6 Å². The van der Waals surface area contributed by atoms with Crippen molar-refractivity contribution in [1.29, 1.82) is 0 Å². The zero-order valence-corrected chi connectivity index (χ0v) is 23.1. The molecule has 0 bridgehead atoms. The van der Waals surface area contributed by atoms with Gasteiger partial charge in [-0.05, 0) is 68.8 Å². The van der Waals surface area contributed by atoms with Gasteiger partial charge in [-0.15, -0.1) is 11.8 Å². The Bertz CT molecular complexity index is 1280. The minimum absolute atomic E-state index is 0.161. The van der Waals surface area contributed by atoms with E-state index in [1.54, 1.807) is 32.7 Å². The van der Waals surface area contributed by atoms with Gasteiger partial charge in [0.1, 0.15) is 11.7 Å². The first-order valence-corrected chi connectivity index (χ1v) is 13.9. The highest BCUT2D eigenvalue weighted by molar-refractivity contribution is 7.98. The molecule has 1 heterocycles. The summed E-state index contributed by atoms with van der Waals surface area (Å²) in [6, 6.07) is 15.2. The molecule has 2 aromatic rings. The first kappa shape index (κ1) is 27.5. The van der Waals surface area contributed by atoms with Crippen LogP contribution < -0.4 is 10.1 Å². The van der Waals surface area contributed by atoms with E-state index in [9.17, 15) is 14.4 Å². The largest absolute Gasteiger partial charge is 0.497 e. The quantitative estimate of drug-likeness (QED) is 0.283. The third kappa shape index (κ3) is 5.23. The second kappa shape index (κ2) is 11.9. The van der Waals surface area contributed by atoms with Crippen molar-refractivity contribution in [1.82, 2.24) is 5.32 Å². The number of esters is 2. The lowest BCUT2D eigenvalue weighted by atomic mass is 9.67. The van der Waals surface area contributed by atoms with Gasteiger partial charge in [0.15, 0.2) is 5.78 Å². The number of hydrogen-bond acceptors (Lipinski definition) is 8. The number of nitrogens with one attached hydrogen (secondary N) is 1. The number of carbonyl (C=O) groups is 3. The van der Waals surface area contributed by atoms with Crippen LogP contribution in [0.25, 0.3) is 0 Å². The van der Waals surface area contributed by atoms with Crippen molar-refractivity contribution in [2.45, 2.75) is 43.9 Å². The first-order valence-electron chi connectivity index (χ1n) is 12.7. The molecule has 0 fully saturated rings. The lowest BCUT2D eigenvalue weighted by Gasteiger charge is -2.39. The average Bonchev–Trinajstić information content (AvgIpc) is 2.92. The molecule has 1 aliphatic heterocycles. The molecular weight excluding hydrogens is 502 g/mol. The van der Waals surface area contributed by atoms with E-state index in [0.717, 1.165) is 16.0 Å². The Hall–Kier alpha value is -3.52. The normalized spacial score (nSPS) is 21.0. The van der Waals surface area contributed by atoms with Crippen molar-refractivity contribution in [2.24, 2.45) is 5.92 Å². The molecular formula is C30H33NO6S. The Labute approximate surface area is 227 Å². The van der Waals surface area contributed by atoms with Gasteiger partial charge in [0.05, 0.1) is 25.9 Å². The van der Waals surface area contributed by atoms with Crippen LogP contribution in [0, 0.1) is 5.92 Å². The number of dihydropyridines is 1. The van der Waals surface area contributed by atoms with Crippen molar-refractivity contribution in [3.05, 3.63) is 82.2 Å². The topological polar surface area (TPSA) is 90.9 Å². The van der Waals surface area contributed by atoms with Crippen LogP contribution in [-0.4, -0.2) is 44.3 Å². The SMILES string of the molecule is CCOC(=O)C1=C(C)NC2=C(C(=O)[C@H](C(=O)OCC)[C@@H](c3ccc(OC)cc3)C2)[C@H]1c1ccc(SC)cc1. The number of ether oxygens (including phenoxy) is 3. The second-order valence-electron chi connectivity index (χ2n) is 9.16. The van der Waals surface area contributed by atoms with Crippen molar-refractivity contribution >= 4 is 29.5 Å². The van der Waals surface area contributed by atoms with E-state index in [4.69, 9.17) is 14.2 Å². The lowest BCUT2D eigenvalue weighted by Crippen LogP contribution is -2.43. The van der Waals surface area contributed by atoms with Crippen LogP contribution in [0.3, 0.4) is 0 Å². The van der Waals surface area contributed by atoms with Crippen molar-refractivity contribution < 1.29 is 28.6 Å². The summed E-state index contributed by atoms with van der Waals surface area (Å²) in [5.74, 6) is -2.85. The Morgan fingerprint density at radius 1 is 0.974 bits per heavy atom. The Morgan fingerprint density at radius 2 is 1.61 bits per heavy atom. The smallest absolute Gasteiger partial charge is 0.336 e. The number of benzene rings is 2. The minimum Gasteiger partial charge on any atom is -0.497 e. The molecule has 0 spiro atoms. The van der Waals surface area contributed by atoms with Crippen LogP contribution in [0.5, 0.6) is 5.75 Å². The van der Waals surface area contributed by atoms with Gasteiger partial charge in [0, 0.05) is 33.7 Å². The lowest BCUT2D eigenvalue weighted by molar-refractivity contribution is -0.152. The van der Waals surface area contributed by atoms with Gasteiger partial charge in [-0.1, -0.05) is 24.3 Å². The summed E-state index contributed by atoms with van der Waals surface area (Å²) in [6.45, 7) is 5.66. The van der Waals surface area contributed by atoms with Crippen molar-refractivity contribution in [3.63, 3.8) is 0 Å². The van der Waals surface area contributed by atoms with Gasteiger partial charge in [0.25, 0.3) is 0 Å². The predicted molar refractivity (Wildman–Crippen MR) is 146 cm³/mol. The monoisotopic (exact) mass is 535 g/mol. The van der Waals surface area contributed by atoms with Crippen LogP contribution in [0.1, 0.15) is 50.2 Å². The van der Waals surface area contributed by atoms with E-state index < -0.39 is 29.7 Å². The van der Waals surface area contributed by atoms with Crippen LogP contribution in [0.2, 0.25) is 0 Å². The van der Waals surface area contributed by atoms with E-state index in [-0.39, 0.29) is 19.0 Å². The van der Waals surface area contributed by atoms with E-state index in [2.05, 4.69) is 5.32 Å². The summed E-state index contributed by atoms with van der Waals surface area (Å²) in [7, 11) is 1.59.